The van der Waals surface area contributed by atoms with Crippen LogP contribution in [0.4, 0.5) is 4.39 Å². The van der Waals surface area contributed by atoms with Gasteiger partial charge in [-0.1, -0.05) is 18.2 Å². The zero-order chi connectivity index (χ0) is 13.9. The summed E-state index contributed by atoms with van der Waals surface area (Å²) in [5.74, 6) is 0.314. The van der Waals surface area contributed by atoms with Gasteiger partial charge in [-0.3, -0.25) is 9.78 Å². The fraction of sp³-hybridized carbons (Fsp3) is 0.200. The van der Waals surface area contributed by atoms with Crippen LogP contribution in [0.1, 0.15) is 16.5 Å². The van der Waals surface area contributed by atoms with Crippen LogP contribution < -0.4 is 0 Å². The number of nitrogens with zero attached hydrogens (tertiary/aromatic N) is 2. The molecular weight excluding hydrogens is 275 g/mol. The first-order valence-corrected chi connectivity index (χ1v) is 7.34. The zero-order valence-corrected chi connectivity index (χ0v) is 11.5. The summed E-state index contributed by atoms with van der Waals surface area (Å²) < 4.78 is 12.9. The van der Waals surface area contributed by atoms with Crippen molar-refractivity contribution in [2.75, 3.05) is 5.75 Å². The summed E-state index contributed by atoms with van der Waals surface area (Å²) in [7, 11) is 0. The number of aromatic nitrogens is 1. The Kier molecular flexibility index (Phi) is 3.69. The quantitative estimate of drug-likeness (QED) is 0.870. The molecule has 2 aromatic rings. The molecule has 0 N–H and O–H groups in total. The third-order valence-electron chi connectivity index (χ3n) is 3.20. The number of amides is 1. The van der Waals surface area contributed by atoms with Gasteiger partial charge >= 0.3 is 0 Å². The largest absolute Gasteiger partial charge is 0.321 e. The maximum absolute atomic E-state index is 12.9. The SMILES string of the molecule is O=C1CSC(c2cccnc2)N1Cc1ccc(F)cc1. The van der Waals surface area contributed by atoms with Gasteiger partial charge in [0.25, 0.3) is 0 Å². The van der Waals surface area contributed by atoms with Crippen molar-refractivity contribution < 1.29 is 9.18 Å². The molecule has 0 bridgehead atoms. The molecule has 1 saturated heterocycles. The Morgan fingerprint density at radius 1 is 1.30 bits per heavy atom. The number of rotatable bonds is 3. The van der Waals surface area contributed by atoms with E-state index in [0.29, 0.717) is 12.3 Å². The molecule has 1 unspecified atom stereocenters. The Hall–Kier alpha value is -1.88. The van der Waals surface area contributed by atoms with Crippen LogP contribution in [0, 0.1) is 5.82 Å². The monoisotopic (exact) mass is 288 g/mol. The molecule has 2 heterocycles. The molecule has 1 atom stereocenters. The van der Waals surface area contributed by atoms with Crippen molar-refractivity contribution in [1.29, 1.82) is 0 Å². The predicted molar refractivity (Wildman–Crippen MR) is 76.4 cm³/mol. The van der Waals surface area contributed by atoms with E-state index in [4.69, 9.17) is 0 Å². The molecule has 0 saturated carbocycles. The molecule has 1 amide bonds. The number of pyridine rings is 1. The van der Waals surface area contributed by atoms with Crippen molar-refractivity contribution in [1.82, 2.24) is 9.88 Å². The molecular formula is C15H13FN2OS. The molecule has 3 nitrogen and oxygen atoms in total. The third-order valence-corrected chi connectivity index (χ3v) is 4.46. The average molecular weight is 288 g/mol. The number of thioether (sulfide) groups is 1. The molecule has 1 aromatic carbocycles. The zero-order valence-electron chi connectivity index (χ0n) is 10.7. The maximum atomic E-state index is 12.9. The second-order valence-corrected chi connectivity index (χ2v) is 5.67. The van der Waals surface area contributed by atoms with Gasteiger partial charge in [-0.25, -0.2) is 4.39 Å². The number of benzene rings is 1. The Balaban J connectivity index is 1.82. The first-order chi connectivity index (χ1) is 9.74. The van der Waals surface area contributed by atoms with E-state index in [1.54, 1.807) is 36.3 Å². The molecule has 1 aromatic heterocycles. The standard InChI is InChI=1S/C15H13FN2OS/c16-13-5-3-11(4-6-13)9-18-14(19)10-20-15(18)12-2-1-7-17-8-12/h1-8,15H,9-10H2. The van der Waals surface area contributed by atoms with E-state index in [1.165, 1.54) is 12.1 Å². The van der Waals surface area contributed by atoms with Crippen molar-refractivity contribution in [3.05, 3.63) is 65.7 Å². The van der Waals surface area contributed by atoms with Gasteiger partial charge in [-0.2, -0.15) is 0 Å². The number of hydrogen-bond donors (Lipinski definition) is 0. The van der Waals surface area contributed by atoms with E-state index in [-0.39, 0.29) is 17.1 Å². The lowest BCUT2D eigenvalue weighted by atomic mass is 10.2. The molecule has 3 rings (SSSR count). The highest BCUT2D eigenvalue weighted by atomic mass is 32.2. The topological polar surface area (TPSA) is 33.2 Å². The molecule has 20 heavy (non-hydrogen) atoms. The lowest BCUT2D eigenvalue weighted by molar-refractivity contribution is -0.128. The molecule has 1 fully saturated rings. The fourth-order valence-corrected chi connectivity index (χ4v) is 3.38. The molecule has 1 aliphatic heterocycles. The van der Waals surface area contributed by atoms with Crippen LogP contribution in [0.5, 0.6) is 0 Å². The summed E-state index contributed by atoms with van der Waals surface area (Å²) in [5.41, 5.74) is 1.95. The van der Waals surface area contributed by atoms with Crippen LogP contribution in [0.25, 0.3) is 0 Å². The van der Waals surface area contributed by atoms with Gasteiger partial charge in [0, 0.05) is 24.5 Å². The van der Waals surface area contributed by atoms with Gasteiger partial charge < -0.3 is 4.90 Å². The molecule has 102 valence electrons. The third kappa shape index (κ3) is 2.67. The van der Waals surface area contributed by atoms with Crippen molar-refractivity contribution in [2.45, 2.75) is 11.9 Å². The Bertz CT molecular complexity index is 603. The van der Waals surface area contributed by atoms with E-state index in [0.717, 1.165) is 11.1 Å². The molecule has 0 spiro atoms. The van der Waals surface area contributed by atoms with Crippen molar-refractivity contribution in [3.8, 4) is 0 Å². The number of halogens is 1. The van der Waals surface area contributed by atoms with E-state index in [9.17, 15) is 9.18 Å². The summed E-state index contributed by atoms with van der Waals surface area (Å²) in [5, 5.41) is -0.0127. The minimum atomic E-state index is -0.264. The first kappa shape index (κ1) is 13.1. The van der Waals surface area contributed by atoms with E-state index < -0.39 is 0 Å². The van der Waals surface area contributed by atoms with Gasteiger partial charge in [0.15, 0.2) is 0 Å². The summed E-state index contributed by atoms with van der Waals surface area (Å²) in [6, 6.07) is 10.1. The number of carbonyl (C=O) groups excluding carboxylic acids is 1. The highest BCUT2D eigenvalue weighted by Crippen LogP contribution is 2.39. The summed E-state index contributed by atoms with van der Waals surface area (Å²) in [4.78, 5) is 18.0. The van der Waals surface area contributed by atoms with Crippen molar-refractivity contribution in [3.63, 3.8) is 0 Å². The Morgan fingerprint density at radius 3 is 2.80 bits per heavy atom. The molecule has 0 aliphatic carbocycles. The fourth-order valence-electron chi connectivity index (χ4n) is 2.21. The molecule has 5 heteroatoms. The Labute approximate surface area is 120 Å². The van der Waals surface area contributed by atoms with Gasteiger partial charge in [0.05, 0.1) is 5.75 Å². The van der Waals surface area contributed by atoms with E-state index in [1.807, 2.05) is 17.0 Å². The minimum Gasteiger partial charge on any atom is -0.321 e. The predicted octanol–water partition coefficient (Wildman–Crippen LogP) is 2.99. The minimum absolute atomic E-state index is 0.0127. The van der Waals surface area contributed by atoms with Crippen LogP contribution in [0.15, 0.2) is 48.8 Å². The lowest BCUT2D eigenvalue weighted by Gasteiger charge is -2.24. The van der Waals surface area contributed by atoms with E-state index in [2.05, 4.69) is 4.98 Å². The van der Waals surface area contributed by atoms with Gasteiger partial charge in [-0.15, -0.1) is 11.8 Å². The van der Waals surface area contributed by atoms with Gasteiger partial charge in [-0.05, 0) is 23.8 Å². The number of carbonyl (C=O) groups is 1. The van der Waals surface area contributed by atoms with Crippen LogP contribution in [0.2, 0.25) is 0 Å². The molecule has 0 radical (unpaired) electrons. The second kappa shape index (κ2) is 5.63. The van der Waals surface area contributed by atoms with Crippen LogP contribution in [-0.4, -0.2) is 21.5 Å². The second-order valence-electron chi connectivity index (χ2n) is 4.60. The van der Waals surface area contributed by atoms with Gasteiger partial charge in [0.2, 0.25) is 5.91 Å². The lowest BCUT2D eigenvalue weighted by Crippen LogP contribution is -2.27. The first-order valence-electron chi connectivity index (χ1n) is 6.29. The van der Waals surface area contributed by atoms with Crippen molar-refractivity contribution >= 4 is 17.7 Å². The summed E-state index contributed by atoms with van der Waals surface area (Å²) in [6.45, 7) is 0.492. The van der Waals surface area contributed by atoms with Crippen molar-refractivity contribution in [2.24, 2.45) is 0 Å². The van der Waals surface area contributed by atoms with Crippen LogP contribution >= 0.6 is 11.8 Å². The highest BCUT2D eigenvalue weighted by molar-refractivity contribution is 8.00. The Morgan fingerprint density at radius 2 is 2.10 bits per heavy atom. The van der Waals surface area contributed by atoms with Gasteiger partial charge in [0.1, 0.15) is 11.2 Å². The number of hydrogen-bond acceptors (Lipinski definition) is 3. The maximum Gasteiger partial charge on any atom is 0.234 e. The average Bonchev–Trinajstić information content (AvgIpc) is 2.84. The molecule has 1 aliphatic rings. The van der Waals surface area contributed by atoms with E-state index >= 15 is 0 Å². The summed E-state index contributed by atoms with van der Waals surface area (Å²) >= 11 is 1.60. The smallest absolute Gasteiger partial charge is 0.234 e. The highest BCUT2D eigenvalue weighted by Gasteiger charge is 2.32. The van der Waals surface area contributed by atoms with Crippen LogP contribution in [0.3, 0.4) is 0 Å². The normalized spacial score (nSPS) is 18.6. The summed E-state index contributed by atoms with van der Waals surface area (Å²) in [6.07, 6.45) is 3.50. The van der Waals surface area contributed by atoms with Crippen LogP contribution in [-0.2, 0) is 11.3 Å².